The van der Waals surface area contributed by atoms with Crippen LogP contribution in [-0.4, -0.2) is 26.9 Å². The van der Waals surface area contributed by atoms with E-state index in [4.69, 9.17) is 10.2 Å². The summed E-state index contributed by atoms with van der Waals surface area (Å²) in [4.78, 5) is 14.1. The topological polar surface area (TPSA) is 55.6 Å². The Morgan fingerprint density at radius 1 is 1.38 bits per heavy atom. The van der Waals surface area contributed by atoms with E-state index in [1.54, 1.807) is 11.0 Å². The second kappa shape index (κ2) is 6.94. The van der Waals surface area contributed by atoms with Crippen LogP contribution in [0.3, 0.4) is 0 Å². The van der Waals surface area contributed by atoms with Gasteiger partial charge in [-0.05, 0) is 42.2 Å². The summed E-state index contributed by atoms with van der Waals surface area (Å²) in [7, 11) is -1.89. The molecule has 134 valence electrons. The maximum absolute atomic E-state index is 13.7. The molecule has 2 rings (SSSR count). The van der Waals surface area contributed by atoms with Crippen LogP contribution in [0.1, 0.15) is 39.2 Å². The summed E-state index contributed by atoms with van der Waals surface area (Å²) in [5.41, 5.74) is 7.14. The fourth-order valence-corrected chi connectivity index (χ4v) is 3.73. The molecule has 1 aromatic carbocycles. The van der Waals surface area contributed by atoms with E-state index in [9.17, 15) is 9.18 Å². The molecule has 1 unspecified atom stereocenters. The molecule has 1 fully saturated rings. The lowest BCUT2D eigenvalue weighted by Crippen LogP contribution is -2.45. The van der Waals surface area contributed by atoms with Crippen molar-refractivity contribution in [2.45, 2.75) is 64.3 Å². The highest BCUT2D eigenvalue weighted by atomic mass is 28.4. The minimum absolute atomic E-state index is 0.0131. The number of carbonyl (C=O) groups excluding carboxylic acids is 1. The van der Waals surface area contributed by atoms with Crippen molar-refractivity contribution in [1.29, 1.82) is 0 Å². The van der Waals surface area contributed by atoms with E-state index in [0.29, 0.717) is 18.7 Å². The Kier molecular flexibility index (Phi) is 5.52. The van der Waals surface area contributed by atoms with Crippen molar-refractivity contribution in [3.05, 3.63) is 29.6 Å². The molecule has 0 aromatic heterocycles. The van der Waals surface area contributed by atoms with E-state index in [-0.39, 0.29) is 29.3 Å². The summed E-state index contributed by atoms with van der Waals surface area (Å²) in [6.07, 6.45) is 1.19. The number of nitrogens with zero attached hydrogens (tertiary/aromatic N) is 1. The predicted molar refractivity (Wildman–Crippen MR) is 97.9 cm³/mol. The molecule has 2 N–H and O–H groups in total. The molecule has 4 nitrogen and oxygen atoms in total. The van der Waals surface area contributed by atoms with Gasteiger partial charge in [-0.2, -0.15) is 0 Å². The van der Waals surface area contributed by atoms with Crippen LogP contribution in [0, 0.1) is 5.82 Å². The number of amides is 1. The van der Waals surface area contributed by atoms with Crippen molar-refractivity contribution in [1.82, 2.24) is 0 Å². The highest BCUT2D eigenvalue weighted by Crippen LogP contribution is 2.38. The number of carbonyl (C=O) groups is 1. The summed E-state index contributed by atoms with van der Waals surface area (Å²) < 4.78 is 20.0. The third kappa shape index (κ3) is 3.87. The maximum atomic E-state index is 13.7. The van der Waals surface area contributed by atoms with Crippen LogP contribution in [0.4, 0.5) is 10.1 Å². The van der Waals surface area contributed by atoms with E-state index >= 15 is 0 Å². The highest BCUT2D eigenvalue weighted by Gasteiger charge is 2.40. The van der Waals surface area contributed by atoms with Gasteiger partial charge < -0.3 is 15.1 Å². The third-order valence-electron chi connectivity index (χ3n) is 5.29. The Morgan fingerprint density at radius 3 is 2.62 bits per heavy atom. The maximum Gasteiger partial charge on any atom is 0.227 e. The van der Waals surface area contributed by atoms with Crippen LogP contribution < -0.4 is 10.6 Å². The SMILES string of the molecule is CC(C)(C)[Si](C)(C)OCC1CCC(=O)N1c1cc(F)ccc1CN. The van der Waals surface area contributed by atoms with E-state index in [0.717, 1.165) is 12.0 Å². The number of hydrogen-bond donors (Lipinski definition) is 1. The molecule has 1 aliphatic heterocycles. The van der Waals surface area contributed by atoms with Crippen LogP contribution in [0.5, 0.6) is 0 Å². The van der Waals surface area contributed by atoms with E-state index in [1.807, 2.05) is 0 Å². The molecule has 0 aliphatic carbocycles. The Hall–Kier alpha value is -1.24. The number of rotatable bonds is 5. The Bertz CT molecular complexity index is 614. The molecular formula is C18H29FN2O2Si. The summed E-state index contributed by atoms with van der Waals surface area (Å²) in [6, 6.07) is 4.39. The third-order valence-corrected chi connectivity index (χ3v) is 9.80. The number of halogens is 1. The van der Waals surface area contributed by atoms with Gasteiger partial charge in [0.05, 0.1) is 18.3 Å². The molecule has 6 heteroatoms. The van der Waals surface area contributed by atoms with Gasteiger partial charge in [0.15, 0.2) is 8.32 Å². The number of nitrogens with two attached hydrogens (primary N) is 1. The lowest BCUT2D eigenvalue weighted by molar-refractivity contribution is -0.117. The number of hydrogen-bond acceptors (Lipinski definition) is 3. The van der Waals surface area contributed by atoms with Crippen molar-refractivity contribution in [2.24, 2.45) is 5.73 Å². The molecule has 1 atom stereocenters. The normalized spacial score (nSPS) is 19.2. The second-order valence-corrected chi connectivity index (χ2v) is 12.8. The molecule has 0 bridgehead atoms. The van der Waals surface area contributed by atoms with Crippen molar-refractivity contribution in [3.63, 3.8) is 0 Å². The molecular weight excluding hydrogens is 323 g/mol. The molecule has 0 saturated carbocycles. The molecule has 0 radical (unpaired) electrons. The van der Waals surface area contributed by atoms with Crippen molar-refractivity contribution >= 4 is 19.9 Å². The minimum atomic E-state index is -1.89. The molecule has 24 heavy (non-hydrogen) atoms. The zero-order valence-corrected chi connectivity index (χ0v) is 16.4. The van der Waals surface area contributed by atoms with Gasteiger partial charge in [0.25, 0.3) is 0 Å². The summed E-state index contributed by atoms with van der Waals surface area (Å²) in [5, 5.41) is 0.113. The largest absolute Gasteiger partial charge is 0.415 e. The molecule has 0 spiro atoms. The van der Waals surface area contributed by atoms with Gasteiger partial charge in [-0.1, -0.05) is 26.8 Å². The summed E-state index contributed by atoms with van der Waals surface area (Å²) in [6.45, 7) is 11.7. The van der Waals surface area contributed by atoms with Crippen LogP contribution in [0.2, 0.25) is 18.1 Å². The fourth-order valence-electron chi connectivity index (χ4n) is 2.69. The van der Waals surface area contributed by atoms with Crippen molar-refractivity contribution in [3.8, 4) is 0 Å². The fraction of sp³-hybridized carbons (Fsp3) is 0.611. The standard InChI is InChI=1S/C18H29FN2O2Si/c1-18(2,3)24(4,5)23-12-15-8-9-17(22)21(15)16-10-14(19)7-6-13(16)11-20/h6-7,10,15H,8-9,11-12,20H2,1-5H3. The van der Waals surface area contributed by atoms with Crippen LogP contribution >= 0.6 is 0 Å². The first kappa shape index (κ1) is 19.1. The summed E-state index contributed by atoms with van der Waals surface area (Å²) in [5.74, 6) is -0.343. The minimum Gasteiger partial charge on any atom is -0.415 e. The molecule has 1 heterocycles. The van der Waals surface area contributed by atoms with Crippen molar-refractivity contribution < 1.29 is 13.6 Å². The molecule has 1 saturated heterocycles. The first-order chi connectivity index (χ1) is 11.1. The molecule has 1 aromatic rings. The van der Waals surface area contributed by atoms with E-state index in [1.165, 1.54) is 12.1 Å². The highest BCUT2D eigenvalue weighted by molar-refractivity contribution is 6.74. The molecule has 1 aliphatic rings. The van der Waals surface area contributed by atoms with Gasteiger partial charge >= 0.3 is 0 Å². The van der Waals surface area contributed by atoms with E-state index < -0.39 is 8.32 Å². The monoisotopic (exact) mass is 352 g/mol. The van der Waals surface area contributed by atoms with Gasteiger partial charge in [0, 0.05) is 13.0 Å². The van der Waals surface area contributed by atoms with Crippen LogP contribution in [0.15, 0.2) is 18.2 Å². The Labute approximate surface area is 145 Å². The lowest BCUT2D eigenvalue weighted by Gasteiger charge is -2.38. The first-order valence-corrected chi connectivity index (χ1v) is 11.4. The number of anilines is 1. The zero-order chi connectivity index (χ0) is 18.1. The zero-order valence-electron chi connectivity index (χ0n) is 15.4. The van der Waals surface area contributed by atoms with Crippen LogP contribution in [0.25, 0.3) is 0 Å². The summed E-state index contributed by atoms with van der Waals surface area (Å²) >= 11 is 0. The van der Waals surface area contributed by atoms with Crippen LogP contribution in [-0.2, 0) is 15.8 Å². The Morgan fingerprint density at radius 2 is 2.04 bits per heavy atom. The molecule has 1 amide bonds. The van der Waals surface area contributed by atoms with Crippen molar-refractivity contribution in [2.75, 3.05) is 11.5 Å². The second-order valence-electron chi connectivity index (χ2n) is 8.00. The lowest BCUT2D eigenvalue weighted by atomic mass is 10.1. The van der Waals surface area contributed by atoms with E-state index in [2.05, 4.69) is 33.9 Å². The van der Waals surface area contributed by atoms with Gasteiger partial charge in [0.2, 0.25) is 5.91 Å². The van der Waals surface area contributed by atoms with Gasteiger partial charge in [-0.15, -0.1) is 0 Å². The average Bonchev–Trinajstić information content (AvgIpc) is 2.85. The number of benzene rings is 1. The first-order valence-electron chi connectivity index (χ1n) is 8.51. The quantitative estimate of drug-likeness (QED) is 0.820. The smallest absolute Gasteiger partial charge is 0.227 e. The average molecular weight is 353 g/mol. The predicted octanol–water partition coefficient (Wildman–Crippen LogP) is 3.80. The Balaban J connectivity index is 2.23. The van der Waals surface area contributed by atoms with Gasteiger partial charge in [0.1, 0.15) is 5.82 Å². The van der Waals surface area contributed by atoms with Gasteiger partial charge in [-0.3, -0.25) is 4.79 Å². The van der Waals surface area contributed by atoms with Gasteiger partial charge in [-0.25, -0.2) is 4.39 Å².